The fourth-order valence-electron chi connectivity index (χ4n) is 4.30. The first-order chi connectivity index (χ1) is 14.9. The lowest BCUT2D eigenvalue weighted by Crippen LogP contribution is -2.39. The highest BCUT2D eigenvalue weighted by atomic mass is 19.4. The molecule has 160 valence electrons. The molecule has 0 spiro atoms. The van der Waals surface area contributed by atoms with Gasteiger partial charge in [0.1, 0.15) is 5.58 Å². The van der Waals surface area contributed by atoms with Crippen LogP contribution in [0.1, 0.15) is 29.2 Å². The van der Waals surface area contributed by atoms with E-state index in [4.69, 9.17) is 4.42 Å². The van der Waals surface area contributed by atoms with Crippen molar-refractivity contribution in [2.24, 2.45) is 5.92 Å². The fraction of sp³-hybridized carbons (Fsp3) is 0.304. The standard InChI is InChI=1S/C23H20F3N3O2/c24-23(25,26)22-27-17-6-2-3-7-18(17)29(22)14-15-9-11-28(12-10-15)21(30)20-13-16-5-1-4-8-19(16)31-20/h1-8,13,15H,9-12,14H2. The maximum atomic E-state index is 13.5. The minimum atomic E-state index is -4.52. The maximum absolute atomic E-state index is 13.5. The first-order valence-corrected chi connectivity index (χ1v) is 10.2. The van der Waals surface area contributed by atoms with Crippen LogP contribution in [0, 0.1) is 5.92 Å². The van der Waals surface area contributed by atoms with Gasteiger partial charge >= 0.3 is 6.18 Å². The van der Waals surface area contributed by atoms with Gasteiger partial charge in [0.25, 0.3) is 5.91 Å². The van der Waals surface area contributed by atoms with Crippen molar-refractivity contribution in [2.45, 2.75) is 25.6 Å². The topological polar surface area (TPSA) is 51.3 Å². The minimum absolute atomic E-state index is 0.0263. The van der Waals surface area contributed by atoms with E-state index in [0.717, 1.165) is 5.39 Å². The van der Waals surface area contributed by atoms with Gasteiger partial charge in [-0.1, -0.05) is 30.3 Å². The molecule has 2 aromatic carbocycles. The molecule has 3 heterocycles. The average Bonchev–Trinajstić information content (AvgIpc) is 3.36. The molecule has 5 nitrogen and oxygen atoms in total. The number of fused-ring (bicyclic) bond motifs is 2. The van der Waals surface area contributed by atoms with E-state index in [0.29, 0.717) is 48.3 Å². The number of carbonyl (C=O) groups excluding carboxylic acids is 1. The Hall–Kier alpha value is -3.29. The van der Waals surface area contributed by atoms with Crippen LogP contribution in [-0.2, 0) is 12.7 Å². The first kappa shape index (κ1) is 19.7. The Bertz CT molecular complexity index is 1220. The van der Waals surface area contributed by atoms with Gasteiger partial charge in [-0.3, -0.25) is 4.79 Å². The van der Waals surface area contributed by atoms with Gasteiger partial charge in [-0.2, -0.15) is 13.2 Å². The minimum Gasteiger partial charge on any atom is -0.451 e. The molecule has 4 aromatic rings. The van der Waals surface area contributed by atoms with Gasteiger partial charge < -0.3 is 13.9 Å². The van der Waals surface area contributed by atoms with E-state index < -0.39 is 12.0 Å². The van der Waals surface area contributed by atoms with Crippen molar-refractivity contribution in [3.05, 3.63) is 66.2 Å². The van der Waals surface area contributed by atoms with Crippen LogP contribution in [-0.4, -0.2) is 33.4 Å². The average molecular weight is 427 g/mol. The maximum Gasteiger partial charge on any atom is 0.449 e. The van der Waals surface area contributed by atoms with Gasteiger partial charge in [-0.05, 0) is 43.0 Å². The van der Waals surface area contributed by atoms with Crippen molar-refractivity contribution >= 4 is 27.9 Å². The van der Waals surface area contributed by atoms with E-state index in [1.807, 2.05) is 24.3 Å². The zero-order valence-electron chi connectivity index (χ0n) is 16.6. The molecule has 1 amide bonds. The molecule has 0 aliphatic carbocycles. The number of benzene rings is 2. The third-order valence-electron chi connectivity index (χ3n) is 5.89. The Morgan fingerprint density at radius 1 is 1.06 bits per heavy atom. The lowest BCUT2D eigenvalue weighted by Gasteiger charge is -2.32. The second-order valence-corrected chi connectivity index (χ2v) is 7.92. The number of imidazole rings is 1. The van der Waals surface area contributed by atoms with Gasteiger partial charge in [0, 0.05) is 25.0 Å². The van der Waals surface area contributed by atoms with Gasteiger partial charge in [0.2, 0.25) is 5.82 Å². The number of hydrogen-bond donors (Lipinski definition) is 0. The molecule has 0 bridgehead atoms. The molecule has 0 saturated carbocycles. The van der Waals surface area contributed by atoms with Gasteiger partial charge in [0.15, 0.2) is 5.76 Å². The number of hydrogen-bond acceptors (Lipinski definition) is 3. The number of para-hydroxylation sites is 3. The number of amides is 1. The predicted octanol–water partition coefficient (Wildman–Crippen LogP) is 5.35. The number of likely N-dealkylation sites (tertiary alicyclic amines) is 1. The summed E-state index contributed by atoms with van der Waals surface area (Å²) in [7, 11) is 0. The van der Waals surface area contributed by atoms with E-state index in [2.05, 4.69) is 4.98 Å². The van der Waals surface area contributed by atoms with Crippen molar-refractivity contribution in [3.8, 4) is 0 Å². The molecule has 0 unspecified atom stereocenters. The number of rotatable bonds is 3. The molecule has 0 radical (unpaired) electrons. The summed E-state index contributed by atoms with van der Waals surface area (Å²) in [6.07, 6.45) is -3.28. The number of halogens is 3. The molecule has 1 aliphatic rings. The molecule has 1 aliphatic heterocycles. The van der Waals surface area contributed by atoms with Crippen LogP contribution < -0.4 is 0 Å². The molecule has 2 aromatic heterocycles. The second-order valence-electron chi connectivity index (χ2n) is 7.92. The van der Waals surface area contributed by atoms with E-state index in [1.54, 1.807) is 35.2 Å². The van der Waals surface area contributed by atoms with Gasteiger partial charge in [0.05, 0.1) is 11.0 Å². The van der Waals surface area contributed by atoms with Crippen molar-refractivity contribution in [3.63, 3.8) is 0 Å². The van der Waals surface area contributed by atoms with Gasteiger partial charge in [-0.25, -0.2) is 4.98 Å². The van der Waals surface area contributed by atoms with Crippen LogP contribution in [0.2, 0.25) is 0 Å². The normalized spacial score (nSPS) is 15.8. The zero-order valence-corrected chi connectivity index (χ0v) is 16.6. The van der Waals surface area contributed by atoms with Crippen LogP contribution in [0.4, 0.5) is 13.2 Å². The highest BCUT2D eigenvalue weighted by molar-refractivity contribution is 5.96. The summed E-state index contributed by atoms with van der Waals surface area (Å²) in [6, 6.07) is 15.8. The van der Waals surface area contributed by atoms with E-state index in [9.17, 15) is 18.0 Å². The van der Waals surface area contributed by atoms with E-state index in [-0.39, 0.29) is 18.4 Å². The van der Waals surface area contributed by atoms with Crippen molar-refractivity contribution < 1.29 is 22.4 Å². The highest BCUT2D eigenvalue weighted by Crippen LogP contribution is 2.33. The van der Waals surface area contributed by atoms with Crippen molar-refractivity contribution in [1.82, 2.24) is 14.5 Å². The summed E-state index contributed by atoms with van der Waals surface area (Å²) < 4.78 is 47.6. The second kappa shape index (κ2) is 7.44. The first-order valence-electron chi connectivity index (χ1n) is 10.2. The summed E-state index contributed by atoms with van der Waals surface area (Å²) in [6.45, 7) is 1.19. The van der Waals surface area contributed by atoms with Crippen LogP contribution >= 0.6 is 0 Å². The quantitative estimate of drug-likeness (QED) is 0.443. The Morgan fingerprint density at radius 3 is 2.52 bits per heavy atom. The third kappa shape index (κ3) is 3.66. The van der Waals surface area contributed by atoms with E-state index >= 15 is 0 Å². The number of piperidine rings is 1. The molecule has 0 atom stereocenters. The summed E-state index contributed by atoms with van der Waals surface area (Å²) in [5, 5.41) is 0.868. The Labute approximate surface area is 176 Å². The predicted molar refractivity (Wildman–Crippen MR) is 110 cm³/mol. The number of alkyl halides is 3. The summed E-state index contributed by atoms with van der Waals surface area (Å²) in [5.41, 5.74) is 1.48. The molecule has 5 rings (SSSR count). The molecular formula is C23H20F3N3O2. The molecule has 8 heteroatoms. The number of nitrogens with zero attached hydrogens (tertiary/aromatic N) is 3. The SMILES string of the molecule is O=C(c1cc2ccccc2o1)N1CCC(Cn2c(C(F)(F)F)nc3ccccc32)CC1. The number of furan rings is 1. The Balaban J connectivity index is 1.31. The fourth-order valence-corrected chi connectivity index (χ4v) is 4.30. The van der Waals surface area contributed by atoms with E-state index in [1.165, 1.54) is 4.57 Å². The summed E-state index contributed by atoms with van der Waals surface area (Å²) in [5.74, 6) is -0.730. The Kier molecular flexibility index (Phi) is 4.72. The molecule has 31 heavy (non-hydrogen) atoms. The number of carbonyl (C=O) groups is 1. The summed E-state index contributed by atoms with van der Waals surface area (Å²) >= 11 is 0. The molecular weight excluding hydrogens is 407 g/mol. The molecule has 1 fully saturated rings. The molecule has 1 saturated heterocycles. The van der Waals surface area contributed by atoms with Crippen LogP contribution in [0.5, 0.6) is 0 Å². The highest BCUT2D eigenvalue weighted by Gasteiger charge is 2.38. The lowest BCUT2D eigenvalue weighted by atomic mass is 9.96. The van der Waals surface area contributed by atoms with Crippen LogP contribution in [0.15, 0.2) is 59.0 Å². The van der Waals surface area contributed by atoms with Crippen molar-refractivity contribution in [2.75, 3.05) is 13.1 Å². The monoisotopic (exact) mass is 427 g/mol. The summed E-state index contributed by atoms with van der Waals surface area (Å²) in [4.78, 5) is 18.3. The van der Waals surface area contributed by atoms with Crippen LogP contribution in [0.3, 0.4) is 0 Å². The van der Waals surface area contributed by atoms with Crippen molar-refractivity contribution in [1.29, 1.82) is 0 Å². The molecule has 0 N–H and O–H groups in total. The van der Waals surface area contributed by atoms with Gasteiger partial charge in [-0.15, -0.1) is 0 Å². The Morgan fingerprint density at radius 2 is 1.77 bits per heavy atom. The number of aromatic nitrogens is 2. The lowest BCUT2D eigenvalue weighted by molar-refractivity contribution is -0.147. The van der Waals surface area contributed by atoms with Crippen LogP contribution in [0.25, 0.3) is 22.0 Å². The zero-order chi connectivity index (χ0) is 21.6. The third-order valence-corrected chi connectivity index (χ3v) is 5.89. The largest absolute Gasteiger partial charge is 0.451 e. The smallest absolute Gasteiger partial charge is 0.449 e.